The summed E-state index contributed by atoms with van der Waals surface area (Å²) < 4.78 is 25.0. The van der Waals surface area contributed by atoms with Crippen molar-refractivity contribution < 1.29 is 8.42 Å². The number of nitrogen functional groups attached to an aromatic ring is 1. The molecule has 7 heteroatoms. The zero-order valence-corrected chi connectivity index (χ0v) is 10.2. The molecule has 0 bridgehead atoms. The van der Waals surface area contributed by atoms with Gasteiger partial charge in [-0.3, -0.25) is 0 Å². The van der Waals surface area contributed by atoms with Crippen molar-refractivity contribution in [1.82, 2.24) is 4.98 Å². The lowest BCUT2D eigenvalue weighted by atomic mass is 10.3. The normalized spacial score (nSPS) is 11.2. The molecule has 0 saturated carbocycles. The van der Waals surface area contributed by atoms with Gasteiger partial charge >= 0.3 is 0 Å². The lowest BCUT2D eigenvalue weighted by Crippen LogP contribution is -2.38. The third-order valence-electron chi connectivity index (χ3n) is 2.31. The summed E-state index contributed by atoms with van der Waals surface area (Å²) in [5.41, 5.74) is 5.99. The molecular weight excluding hydrogens is 252 g/mol. The first-order valence-electron chi connectivity index (χ1n) is 5.08. The van der Waals surface area contributed by atoms with Crippen LogP contribution in [0.1, 0.15) is 0 Å². The molecule has 6 nitrogen and oxygen atoms in total. The molecule has 18 heavy (non-hydrogen) atoms. The number of hydrazine groups is 1. The first-order valence-corrected chi connectivity index (χ1v) is 6.52. The highest BCUT2D eigenvalue weighted by atomic mass is 32.2. The summed E-state index contributed by atoms with van der Waals surface area (Å²) in [7, 11) is -3.82. The molecule has 0 saturated heterocycles. The fraction of sp³-hybridized carbons (Fsp3) is 0. The number of pyridine rings is 1. The maximum Gasteiger partial charge on any atom is 0.278 e. The maximum absolute atomic E-state index is 12.2. The van der Waals surface area contributed by atoms with Crippen molar-refractivity contribution in [1.29, 1.82) is 0 Å². The molecule has 2 rings (SSSR count). The van der Waals surface area contributed by atoms with Gasteiger partial charge in [-0.1, -0.05) is 6.07 Å². The fourth-order valence-electron chi connectivity index (χ4n) is 1.36. The van der Waals surface area contributed by atoms with Crippen LogP contribution in [-0.2, 0) is 10.0 Å². The van der Waals surface area contributed by atoms with Crippen molar-refractivity contribution in [3.05, 3.63) is 48.7 Å². The van der Waals surface area contributed by atoms with Crippen molar-refractivity contribution in [2.75, 3.05) is 10.1 Å². The van der Waals surface area contributed by atoms with E-state index in [-0.39, 0.29) is 10.7 Å². The number of hydrogen-bond acceptors (Lipinski definition) is 5. The molecule has 0 amide bonds. The second-order valence-corrected chi connectivity index (χ2v) is 5.37. The number of aromatic nitrogens is 1. The summed E-state index contributed by atoms with van der Waals surface area (Å²) in [6, 6.07) is 10.6. The van der Waals surface area contributed by atoms with Crippen molar-refractivity contribution in [3.8, 4) is 0 Å². The fourth-order valence-corrected chi connectivity index (χ4v) is 2.42. The highest BCUT2D eigenvalue weighted by Gasteiger charge is 2.22. The lowest BCUT2D eigenvalue weighted by molar-refractivity contribution is 0.591. The van der Waals surface area contributed by atoms with Gasteiger partial charge in [-0.05, 0) is 36.4 Å². The molecule has 0 radical (unpaired) electrons. The van der Waals surface area contributed by atoms with E-state index >= 15 is 0 Å². The van der Waals surface area contributed by atoms with Gasteiger partial charge in [-0.25, -0.2) is 10.8 Å². The van der Waals surface area contributed by atoms with Gasteiger partial charge in [0.2, 0.25) is 0 Å². The van der Waals surface area contributed by atoms with E-state index in [9.17, 15) is 8.42 Å². The first kappa shape index (κ1) is 12.3. The molecular formula is C11H12N4O2S. The Kier molecular flexibility index (Phi) is 3.17. The Bertz CT molecular complexity index is 626. The first-order chi connectivity index (χ1) is 8.51. The molecule has 4 N–H and O–H groups in total. The molecule has 1 aromatic heterocycles. The van der Waals surface area contributed by atoms with Gasteiger partial charge in [0.05, 0.1) is 4.90 Å². The molecule has 2 aromatic rings. The number of anilines is 2. The third kappa shape index (κ3) is 2.27. The summed E-state index contributed by atoms with van der Waals surface area (Å²) in [6.07, 6.45) is 1.47. The van der Waals surface area contributed by atoms with Gasteiger partial charge in [0.25, 0.3) is 10.0 Å². The minimum absolute atomic E-state index is 0.0600. The van der Waals surface area contributed by atoms with E-state index in [1.807, 2.05) is 0 Å². The zero-order valence-electron chi connectivity index (χ0n) is 9.39. The summed E-state index contributed by atoms with van der Waals surface area (Å²) in [5.74, 6) is 5.74. The van der Waals surface area contributed by atoms with Crippen LogP contribution in [0.5, 0.6) is 0 Å². The Morgan fingerprint density at radius 1 is 1.06 bits per heavy atom. The molecule has 0 atom stereocenters. The lowest BCUT2D eigenvalue weighted by Gasteiger charge is -2.17. The maximum atomic E-state index is 12.2. The van der Waals surface area contributed by atoms with Gasteiger partial charge in [0, 0.05) is 11.9 Å². The Balaban J connectivity index is 2.40. The molecule has 1 aromatic carbocycles. The molecule has 0 fully saturated rings. The molecule has 0 aliphatic rings. The van der Waals surface area contributed by atoms with Crippen LogP contribution in [0, 0.1) is 0 Å². The van der Waals surface area contributed by atoms with E-state index in [0.717, 1.165) is 0 Å². The Morgan fingerprint density at radius 3 is 2.28 bits per heavy atom. The van der Waals surface area contributed by atoms with E-state index in [2.05, 4.69) is 4.98 Å². The van der Waals surface area contributed by atoms with E-state index in [4.69, 9.17) is 11.6 Å². The topological polar surface area (TPSA) is 102 Å². The van der Waals surface area contributed by atoms with Gasteiger partial charge in [-0.15, -0.1) is 0 Å². The van der Waals surface area contributed by atoms with Crippen LogP contribution in [-0.4, -0.2) is 13.4 Å². The van der Waals surface area contributed by atoms with Crippen molar-refractivity contribution in [2.45, 2.75) is 4.90 Å². The summed E-state index contributed by atoms with van der Waals surface area (Å²) in [4.78, 5) is 3.95. The number of benzene rings is 1. The van der Waals surface area contributed by atoms with Gasteiger partial charge in [0.1, 0.15) is 0 Å². The Morgan fingerprint density at radius 2 is 1.72 bits per heavy atom. The highest BCUT2D eigenvalue weighted by Crippen LogP contribution is 2.18. The van der Waals surface area contributed by atoms with E-state index in [0.29, 0.717) is 10.1 Å². The molecule has 0 spiro atoms. The van der Waals surface area contributed by atoms with Gasteiger partial charge in [-0.2, -0.15) is 12.8 Å². The Hall–Kier alpha value is -2.12. The van der Waals surface area contributed by atoms with Crippen LogP contribution < -0.4 is 16.0 Å². The summed E-state index contributed by atoms with van der Waals surface area (Å²) >= 11 is 0. The van der Waals surface area contributed by atoms with Crippen LogP contribution in [0.2, 0.25) is 0 Å². The average molecular weight is 264 g/mol. The average Bonchev–Trinajstić information content (AvgIpc) is 2.39. The standard InChI is InChI=1S/C11H12N4O2S/c12-9-4-6-10(7-5-9)18(16,17)15(13)11-3-1-2-8-14-11/h1-8H,12-13H2. The second-order valence-electron chi connectivity index (χ2n) is 3.56. The predicted octanol–water partition coefficient (Wildman–Crippen LogP) is 0.733. The monoisotopic (exact) mass is 264 g/mol. The quantitative estimate of drug-likeness (QED) is 0.483. The molecule has 0 aliphatic heterocycles. The molecule has 0 unspecified atom stereocenters. The Labute approximate surface area is 105 Å². The van der Waals surface area contributed by atoms with Gasteiger partial charge < -0.3 is 5.73 Å². The van der Waals surface area contributed by atoms with E-state index in [1.54, 1.807) is 12.1 Å². The van der Waals surface area contributed by atoms with Crippen molar-refractivity contribution >= 4 is 21.5 Å². The van der Waals surface area contributed by atoms with Crippen LogP contribution in [0.4, 0.5) is 11.5 Å². The third-order valence-corrected chi connectivity index (χ3v) is 3.88. The molecule has 0 aliphatic carbocycles. The summed E-state index contributed by atoms with van der Waals surface area (Å²) in [5, 5.41) is 0. The van der Waals surface area contributed by atoms with Gasteiger partial charge in [0.15, 0.2) is 5.82 Å². The summed E-state index contributed by atoms with van der Waals surface area (Å²) in [6.45, 7) is 0. The smallest absolute Gasteiger partial charge is 0.278 e. The SMILES string of the molecule is Nc1ccc(S(=O)(=O)N(N)c2ccccn2)cc1. The number of sulfonamides is 1. The van der Waals surface area contributed by atoms with Crippen LogP contribution in [0.25, 0.3) is 0 Å². The highest BCUT2D eigenvalue weighted by molar-refractivity contribution is 7.92. The molecule has 94 valence electrons. The van der Waals surface area contributed by atoms with Crippen molar-refractivity contribution in [3.63, 3.8) is 0 Å². The van der Waals surface area contributed by atoms with E-state index < -0.39 is 10.0 Å². The number of hydrogen-bond donors (Lipinski definition) is 2. The largest absolute Gasteiger partial charge is 0.399 e. The number of nitrogens with two attached hydrogens (primary N) is 2. The van der Waals surface area contributed by atoms with E-state index in [1.165, 1.54) is 36.5 Å². The van der Waals surface area contributed by atoms with Crippen LogP contribution >= 0.6 is 0 Å². The van der Waals surface area contributed by atoms with Crippen LogP contribution in [0.3, 0.4) is 0 Å². The predicted molar refractivity (Wildman–Crippen MR) is 68.9 cm³/mol. The minimum Gasteiger partial charge on any atom is -0.399 e. The number of rotatable bonds is 3. The van der Waals surface area contributed by atoms with Crippen LogP contribution in [0.15, 0.2) is 53.6 Å². The number of nitrogens with zero attached hydrogens (tertiary/aromatic N) is 2. The van der Waals surface area contributed by atoms with Crippen molar-refractivity contribution in [2.24, 2.45) is 5.84 Å². The zero-order chi connectivity index (χ0) is 13.2. The second kappa shape index (κ2) is 4.63. The minimum atomic E-state index is -3.82. The molecule has 1 heterocycles.